The van der Waals surface area contributed by atoms with Crippen LogP contribution in [0.2, 0.25) is 0 Å². The number of rotatable bonds is 4. The van der Waals surface area contributed by atoms with Crippen LogP contribution in [0, 0.1) is 6.92 Å². The lowest BCUT2D eigenvalue weighted by Gasteiger charge is -2.04. The largest absolute Gasteiger partial charge is 0.475 e. The smallest absolute Gasteiger partial charge is 0.373 e. The van der Waals surface area contributed by atoms with Crippen molar-refractivity contribution in [3.05, 3.63) is 59.2 Å². The predicted molar refractivity (Wildman–Crippen MR) is 67.6 cm³/mol. The molecule has 1 N–H and O–H groups in total. The molecule has 2 aromatic rings. The van der Waals surface area contributed by atoms with Crippen LogP contribution in [0.15, 0.2) is 36.4 Å². The summed E-state index contributed by atoms with van der Waals surface area (Å²) in [6, 6.07) is 11.9. The highest BCUT2D eigenvalue weighted by Crippen LogP contribution is 2.07. The monoisotopic (exact) mass is 242 g/mol. The van der Waals surface area contributed by atoms with Gasteiger partial charge in [-0.25, -0.2) is 14.8 Å². The summed E-state index contributed by atoms with van der Waals surface area (Å²) in [4.78, 5) is 18.8. The molecular formula is C14H14N2O2. The number of nitrogens with zero attached hydrogens (tertiary/aromatic N) is 2. The van der Waals surface area contributed by atoms with Crippen molar-refractivity contribution in [1.82, 2.24) is 9.97 Å². The van der Waals surface area contributed by atoms with E-state index in [1.54, 1.807) is 6.92 Å². The lowest BCUT2D eigenvalue weighted by Crippen LogP contribution is -2.08. The van der Waals surface area contributed by atoms with Gasteiger partial charge in [-0.1, -0.05) is 30.3 Å². The number of carbonyl (C=O) groups is 1. The second-order valence-electron chi connectivity index (χ2n) is 4.12. The Kier molecular flexibility index (Phi) is 3.67. The van der Waals surface area contributed by atoms with Crippen LogP contribution in [0.4, 0.5) is 0 Å². The first-order chi connectivity index (χ1) is 8.65. The van der Waals surface area contributed by atoms with E-state index in [-0.39, 0.29) is 5.82 Å². The van der Waals surface area contributed by atoms with Gasteiger partial charge in [0, 0.05) is 11.4 Å². The van der Waals surface area contributed by atoms with Crippen molar-refractivity contribution in [1.29, 1.82) is 0 Å². The predicted octanol–water partition coefficient (Wildman–Crippen LogP) is 2.27. The third-order valence-corrected chi connectivity index (χ3v) is 2.61. The van der Waals surface area contributed by atoms with E-state index in [1.165, 1.54) is 5.56 Å². The molecule has 0 amide bonds. The summed E-state index contributed by atoms with van der Waals surface area (Å²) in [5, 5.41) is 8.89. The topological polar surface area (TPSA) is 63.1 Å². The van der Waals surface area contributed by atoms with Crippen LogP contribution in [0.25, 0.3) is 0 Å². The molecule has 1 aromatic heterocycles. The summed E-state index contributed by atoms with van der Waals surface area (Å²) in [6.07, 6.45) is 1.56. The molecule has 0 spiro atoms. The number of benzene rings is 1. The maximum atomic E-state index is 10.9. The molecule has 0 aliphatic carbocycles. The highest BCUT2D eigenvalue weighted by Gasteiger charge is 2.09. The van der Waals surface area contributed by atoms with Gasteiger partial charge in [-0.3, -0.25) is 0 Å². The Morgan fingerprint density at radius 3 is 2.56 bits per heavy atom. The Morgan fingerprint density at radius 1 is 1.17 bits per heavy atom. The highest BCUT2D eigenvalue weighted by atomic mass is 16.4. The molecule has 0 aliphatic rings. The van der Waals surface area contributed by atoms with Crippen LogP contribution in [-0.2, 0) is 12.8 Å². The van der Waals surface area contributed by atoms with Crippen LogP contribution in [0.3, 0.4) is 0 Å². The van der Waals surface area contributed by atoms with Gasteiger partial charge < -0.3 is 5.11 Å². The molecule has 0 radical (unpaired) electrons. The molecule has 4 heteroatoms. The average Bonchev–Trinajstić information content (AvgIpc) is 2.37. The number of aryl methyl sites for hydroxylation is 3. The molecule has 92 valence electrons. The van der Waals surface area contributed by atoms with Gasteiger partial charge >= 0.3 is 5.97 Å². The van der Waals surface area contributed by atoms with Crippen molar-refractivity contribution in [3.63, 3.8) is 0 Å². The van der Waals surface area contributed by atoms with Gasteiger partial charge in [-0.05, 0) is 31.4 Å². The van der Waals surface area contributed by atoms with E-state index in [9.17, 15) is 4.79 Å². The molecule has 0 fully saturated rings. The number of hydrogen-bond donors (Lipinski definition) is 1. The van der Waals surface area contributed by atoms with Gasteiger partial charge in [0.1, 0.15) is 0 Å². The van der Waals surface area contributed by atoms with Gasteiger partial charge in [-0.15, -0.1) is 0 Å². The number of aromatic carboxylic acids is 1. The van der Waals surface area contributed by atoms with E-state index in [2.05, 4.69) is 9.97 Å². The Balaban J connectivity index is 2.12. The number of hydrogen-bond acceptors (Lipinski definition) is 3. The standard InChI is InChI=1S/C14H14N2O2/c1-10-9-12(16-13(15-10)14(17)18)8-7-11-5-3-2-4-6-11/h2-6,9H,7-8H2,1H3,(H,17,18). The fraction of sp³-hybridized carbons (Fsp3) is 0.214. The molecule has 0 unspecified atom stereocenters. The van der Waals surface area contributed by atoms with Crippen molar-refractivity contribution in [2.75, 3.05) is 0 Å². The Bertz CT molecular complexity index is 553. The minimum atomic E-state index is -1.08. The van der Waals surface area contributed by atoms with Crippen LogP contribution in [0.5, 0.6) is 0 Å². The first-order valence-electron chi connectivity index (χ1n) is 5.77. The molecule has 0 bridgehead atoms. The van der Waals surface area contributed by atoms with E-state index in [1.807, 2.05) is 36.4 Å². The second-order valence-corrected chi connectivity index (χ2v) is 4.12. The zero-order valence-electron chi connectivity index (χ0n) is 10.1. The molecule has 4 nitrogen and oxygen atoms in total. The van der Waals surface area contributed by atoms with E-state index >= 15 is 0 Å². The van der Waals surface area contributed by atoms with Gasteiger partial charge in [0.25, 0.3) is 0 Å². The average molecular weight is 242 g/mol. The Labute approximate surface area is 105 Å². The zero-order chi connectivity index (χ0) is 13.0. The molecular weight excluding hydrogens is 228 g/mol. The highest BCUT2D eigenvalue weighted by molar-refractivity contribution is 5.83. The summed E-state index contributed by atoms with van der Waals surface area (Å²) in [5.41, 5.74) is 2.67. The fourth-order valence-corrected chi connectivity index (χ4v) is 1.77. The van der Waals surface area contributed by atoms with Crippen molar-refractivity contribution < 1.29 is 9.90 Å². The lowest BCUT2D eigenvalue weighted by atomic mass is 10.1. The minimum Gasteiger partial charge on any atom is -0.475 e. The van der Waals surface area contributed by atoms with Crippen molar-refractivity contribution in [3.8, 4) is 0 Å². The molecule has 0 saturated heterocycles. The van der Waals surface area contributed by atoms with Gasteiger partial charge in [-0.2, -0.15) is 0 Å². The van der Waals surface area contributed by atoms with E-state index in [0.29, 0.717) is 12.1 Å². The van der Waals surface area contributed by atoms with E-state index in [4.69, 9.17) is 5.11 Å². The SMILES string of the molecule is Cc1cc(CCc2ccccc2)nc(C(=O)O)n1. The number of aromatic nitrogens is 2. The number of carboxylic acid groups (broad SMARTS) is 1. The van der Waals surface area contributed by atoms with Gasteiger partial charge in [0.15, 0.2) is 0 Å². The van der Waals surface area contributed by atoms with Gasteiger partial charge in [0.05, 0.1) is 0 Å². The second kappa shape index (κ2) is 5.40. The summed E-state index contributed by atoms with van der Waals surface area (Å²) in [6.45, 7) is 1.78. The van der Waals surface area contributed by atoms with Crippen LogP contribution < -0.4 is 0 Å². The Morgan fingerprint density at radius 2 is 1.89 bits per heavy atom. The molecule has 0 atom stereocenters. The van der Waals surface area contributed by atoms with Crippen LogP contribution in [0.1, 0.15) is 27.6 Å². The first-order valence-corrected chi connectivity index (χ1v) is 5.77. The Hall–Kier alpha value is -2.23. The summed E-state index contributed by atoms with van der Waals surface area (Å²) < 4.78 is 0. The number of carboxylic acids is 1. The van der Waals surface area contributed by atoms with E-state index < -0.39 is 5.97 Å². The summed E-state index contributed by atoms with van der Waals surface area (Å²) in [7, 11) is 0. The van der Waals surface area contributed by atoms with Crippen molar-refractivity contribution >= 4 is 5.97 Å². The van der Waals surface area contributed by atoms with Crippen LogP contribution >= 0.6 is 0 Å². The third kappa shape index (κ3) is 3.13. The van der Waals surface area contributed by atoms with Gasteiger partial charge in [0.2, 0.25) is 5.82 Å². The molecule has 2 rings (SSSR count). The van der Waals surface area contributed by atoms with Crippen molar-refractivity contribution in [2.24, 2.45) is 0 Å². The maximum Gasteiger partial charge on any atom is 0.373 e. The fourth-order valence-electron chi connectivity index (χ4n) is 1.77. The van der Waals surface area contributed by atoms with Crippen molar-refractivity contribution in [2.45, 2.75) is 19.8 Å². The summed E-state index contributed by atoms with van der Waals surface area (Å²) >= 11 is 0. The van der Waals surface area contributed by atoms with E-state index in [0.717, 1.165) is 12.1 Å². The molecule has 18 heavy (non-hydrogen) atoms. The summed E-state index contributed by atoms with van der Waals surface area (Å²) in [5.74, 6) is -1.21. The quantitative estimate of drug-likeness (QED) is 0.893. The molecule has 1 aromatic carbocycles. The maximum absolute atomic E-state index is 10.9. The molecule has 1 heterocycles. The lowest BCUT2D eigenvalue weighted by molar-refractivity contribution is 0.0682. The molecule has 0 aliphatic heterocycles. The first kappa shape index (κ1) is 12.2. The minimum absolute atomic E-state index is 0.127. The zero-order valence-corrected chi connectivity index (χ0v) is 10.1. The van der Waals surface area contributed by atoms with Crippen LogP contribution in [-0.4, -0.2) is 21.0 Å². The normalized spacial score (nSPS) is 10.3. The third-order valence-electron chi connectivity index (χ3n) is 2.61. The molecule has 0 saturated carbocycles.